The van der Waals surface area contributed by atoms with Gasteiger partial charge in [0.05, 0.1) is 19.8 Å². The van der Waals surface area contributed by atoms with E-state index in [-0.39, 0.29) is 36.7 Å². The number of hydrogen-bond acceptors (Lipinski definition) is 5. The van der Waals surface area contributed by atoms with Crippen molar-refractivity contribution in [2.75, 3.05) is 27.3 Å². The summed E-state index contributed by atoms with van der Waals surface area (Å²) in [4.78, 5) is 38.8. The van der Waals surface area contributed by atoms with E-state index in [1.165, 1.54) is 7.11 Å². The monoisotopic (exact) mass is 391 g/mol. The van der Waals surface area contributed by atoms with Gasteiger partial charge in [-0.05, 0) is 38.8 Å². The van der Waals surface area contributed by atoms with Crippen molar-refractivity contribution >= 4 is 17.7 Å². The molecule has 1 unspecified atom stereocenters. The minimum atomic E-state index is -0.549. The summed E-state index contributed by atoms with van der Waals surface area (Å²) in [5.41, 5.74) is 0.388. The molecule has 8 nitrogen and oxygen atoms in total. The fraction of sp³-hybridized carbons (Fsp3) is 0.550. The van der Waals surface area contributed by atoms with Crippen molar-refractivity contribution in [1.29, 1.82) is 0 Å². The average Bonchev–Trinajstić information content (AvgIpc) is 3.16. The van der Waals surface area contributed by atoms with Gasteiger partial charge in [0.25, 0.3) is 5.91 Å². The largest absolute Gasteiger partial charge is 0.497 e. The number of amides is 3. The zero-order valence-electron chi connectivity index (χ0n) is 16.9. The van der Waals surface area contributed by atoms with Crippen molar-refractivity contribution in [3.8, 4) is 11.5 Å². The molecule has 0 aliphatic carbocycles. The Hall–Kier alpha value is -2.77. The van der Waals surface area contributed by atoms with Gasteiger partial charge in [0.15, 0.2) is 0 Å². The van der Waals surface area contributed by atoms with E-state index in [1.807, 2.05) is 13.8 Å². The molecule has 2 rings (SSSR count). The molecule has 0 radical (unpaired) electrons. The van der Waals surface area contributed by atoms with Gasteiger partial charge in [-0.25, -0.2) is 0 Å². The van der Waals surface area contributed by atoms with Crippen molar-refractivity contribution < 1.29 is 23.9 Å². The van der Waals surface area contributed by atoms with Crippen LogP contribution in [-0.4, -0.2) is 62.0 Å². The second kappa shape index (κ2) is 9.96. The molecule has 2 N–H and O–H groups in total. The topological polar surface area (TPSA) is 97.0 Å². The van der Waals surface area contributed by atoms with Crippen molar-refractivity contribution in [3.63, 3.8) is 0 Å². The maximum Gasteiger partial charge on any atom is 0.258 e. The number of methoxy groups -OCH3 is 2. The predicted molar refractivity (Wildman–Crippen MR) is 105 cm³/mol. The van der Waals surface area contributed by atoms with Crippen molar-refractivity contribution in [3.05, 3.63) is 23.8 Å². The predicted octanol–water partition coefficient (Wildman–Crippen LogP) is 1.34. The Balaban J connectivity index is 2.01. The third kappa shape index (κ3) is 5.37. The van der Waals surface area contributed by atoms with Crippen LogP contribution in [0, 0.1) is 0 Å². The molecule has 8 heteroatoms. The van der Waals surface area contributed by atoms with Crippen LogP contribution in [0.3, 0.4) is 0 Å². The van der Waals surface area contributed by atoms with E-state index < -0.39 is 6.04 Å². The number of likely N-dealkylation sites (tertiary alicyclic amines) is 1. The van der Waals surface area contributed by atoms with Gasteiger partial charge in [-0.15, -0.1) is 0 Å². The fourth-order valence-electron chi connectivity index (χ4n) is 3.22. The van der Waals surface area contributed by atoms with Gasteiger partial charge >= 0.3 is 0 Å². The normalized spacial score (nSPS) is 16.0. The number of hydrogen-bond donors (Lipinski definition) is 2. The second-order valence-electron chi connectivity index (χ2n) is 6.99. The molecule has 1 aromatic rings. The minimum Gasteiger partial charge on any atom is -0.497 e. The molecule has 28 heavy (non-hydrogen) atoms. The first-order chi connectivity index (χ1) is 13.4. The van der Waals surface area contributed by atoms with E-state index in [4.69, 9.17) is 9.47 Å². The van der Waals surface area contributed by atoms with Crippen LogP contribution in [0.15, 0.2) is 18.2 Å². The zero-order chi connectivity index (χ0) is 20.7. The van der Waals surface area contributed by atoms with E-state index in [1.54, 1.807) is 30.2 Å². The molecule has 1 aliphatic rings. The third-order valence-corrected chi connectivity index (χ3v) is 4.56. The van der Waals surface area contributed by atoms with Crippen LogP contribution >= 0.6 is 0 Å². The molecule has 0 aromatic heterocycles. The molecule has 0 saturated carbocycles. The smallest absolute Gasteiger partial charge is 0.258 e. The number of ether oxygens (including phenoxy) is 2. The minimum absolute atomic E-state index is 0.0608. The Bertz CT molecular complexity index is 720. The first kappa shape index (κ1) is 21.5. The standard InChI is InChI=1S/C20H29N3O5/c1-13(2)22-18(24)9-10-21-19(25)16-6-5-11-23(16)20(26)15-8-7-14(27-3)12-17(15)28-4/h7-8,12-13,16H,5-6,9-11H2,1-4H3,(H,21,25)(H,22,24). The molecule has 3 amide bonds. The lowest BCUT2D eigenvalue weighted by atomic mass is 10.1. The molecule has 1 heterocycles. The molecular formula is C20H29N3O5. The zero-order valence-corrected chi connectivity index (χ0v) is 16.9. The van der Waals surface area contributed by atoms with Crippen LogP contribution in [0.4, 0.5) is 0 Å². The van der Waals surface area contributed by atoms with E-state index in [9.17, 15) is 14.4 Å². The molecule has 154 valence electrons. The number of nitrogens with one attached hydrogen (secondary N) is 2. The van der Waals surface area contributed by atoms with Gasteiger partial charge in [-0.2, -0.15) is 0 Å². The Morgan fingerprint density at radius 3 is 2.61 bits per heavy atom. The number of carbonyl (C=O) groups is 3. The second-order valence-corrected chi connectivity index (χ2v) is 6.99. The molecule has 0 bridgehead atoms. The summed E-state index contributed by atoms with van der Waals surface area (Å²) in [7, 11) is 3.03. The van der Waals surface area contributed by atoms with Crippen LogP contribution in [0.5, 0.6) is 11.5 Å². The van der Waals surface area contributed by atoms with Crippen molar-refractivity contribution in [1.82, 2.24) is 15.5 Å². The Kier molecular flexibility index (Phi) is 7.66. The van der Waals surface area contributed by atoms with E-state index >= 15 is 0 Å². The number of nitrogens with zero attached hydrogens (tertiary/aromatic N) is 1. The van der Waals surface area contributed by atoms with Gasteiger partial charge < -0.3 is 25.0 Å². The van der Waals surface area contributed by atoms with Crippen molar-refractivity contribution in [2.45, 2.75) is 45.2 Å². The first-order valence-corrected chi connectivity index (χ1v) is 9.47. The van der Waals surface area contributed by atoms with Gasteiger partial charge in [0, 0.05) is 31.6 Å². The maximum absolute atomic E-state index is 13.0. The summed E-state index contributed by atoms with van der Waals surface area (Å²) >= 11 is 0. The van der Waals surface area contributed by atoms with Gasteiger partial charge in [0.1, 0.15) is 17.5 Å². The lowest BCUT2D eigenvalue weighted by molar-refractivity contribution is -0.125. The van der Waals surface area contributed by atoms with Crippen LogP contribution in [0.25, 0.3) is 0 Å². The Morgan fingerprint density at radius 2 is 1.96 bits per heavy atom. The van der Waals surface area contributed by atoms with Crippen LogP contribution in [0.2, 0.25) is 0 Å². The highest BCUT2D eigenvalue weighted by Crippen LogP contribution is 2.28. The molecular weight excluding hydrogens is 362 g/mol. The summed E-state index contributed by atoms with van der Waals surface area (Å²) in [5.74, 6) is 0.382. The summed E-state index contributed by atoms with van der Waals surface area (Å²) in [6.07, 6.45) is 1.54. The summed E-state index contributed by atoms with van der Waals surface area (Å²) < 4.78 is 10.5. The summed E-state index contributed by atoms with van der Waals surface area (Å²) in [5, 5.41) is 5.54. The average molecular weight is 391 g/mol. The summed E-state index contributed by atoms with van der Waals surface area (Å²) in [6.45, 7) is 4.50. The quantitative estimate of drug-likeness (QED) is 0.697. The highest BCUT2D eigenvalue weighted by Gasteiger charge is 2.35. The van der Waals surface area contributed by atoms with Crippen LogP contribution < -0.4 is 20.1 Å². The number of carbonyl (C=O) groups excluding carboxylic acids is 3. The van der Waals surface area contributed by atoms with E-state index in [0.717, 1.165) is 6.42 Å². The highest BCUT2D eigenvalue weighted by atomic mass is 16.5. The molecule has 1 aliphatic heterocycles. The maximum atomic E-state index is 13.0. The number of benzene rings is 1. The molecule has 0 spiro atoms. The lowest BCUT2D eigenvalue weighted by Crippen LogP contribution is -2.46. The molecule has 1 saturated heterocycles. The van der Waals surface area contributed by atoms with E-state index in [2.05, 4.69) is 10.6 Å². The third-order valence-electron chi connectivity index (χ3n) is 4.56. The molecule has 1 fully saturated rings. The fourth-order valence-corrected chi connectivity index (χ4v) is 3.22. The lowest BCUT2D eigenvalue weighted by Gasteiger charge is -2.25. The SMILES string of the molecule is COc1ccc(C(=O)N2CCCC2C(=O)NCCC(=O)NC(C)C)c(OC)c1. The van der Waals surface area contributed by atoms with Gasteiger partial charge in [-0.1, -0.05) is 0 Å². The molecule has 1 aromatic carbocycles. The number of rotatable bonds is 8. The molecule has 1 atom stereocenters. The van der Waals surface area contributed by atoms with Gasteiger partial charge in [0.2, 0.25) is 11.8 Å². The van der Waals surface area contributed by atoms with Gasteiger partial charge in [-0.3, -0.25) is 14.4 Å². The Labute approximate surface area is 165 Å². The summed E-state index contributed by atoms with van der Waals surface area (Å²) in [6, 6.07) is 4.49. The van der Waals surface area contributed by atoms with Crippen LogP contribution in [0.1, 0.15) is 43.5 Å². The highest BCUT2D eigenvalue weighted by molar-refractivity contribution is 6.00. The van der Waals surface area contributed by atoms with Crippen LogP contribution in [-0.2, 0) is 9.59 Å². The Morgan fingerprint density at radius 1 is 1.21 bits per heavy atom. The van der Waals surface area contributed by atoms with Crippen molar-refractivity contribution in [2.24, 2.45) is 0 Å². The van der Waals surface area contributed by atoms with E-state index in [0.29, 0.717) is 30.0 Å². The first-order valence-electron chi connectivity index (χ1n) is 9.47.